The minimum Gasteiger partial charge on any atom is -0.497 e. The Hall–Kier alpha value is -2.01. The van der Waals surface area contributed by atoms with Crippen LogP contribution >= 0.6 is 0 Å². The third kappa shape index (κ3) is 3.48. The second kappa shape index (κ2) is 6.24. The van der Waals surface area contributed by atoms with Crippen LogP contribution in [0.15, 0.2) is 34.9 Å². The van der Waals surface area contributed by atoms with Gasteiger partial charge in [-0.2, -0.15) is 0 Å². The van der Waals surface area contributed by atoms with Crippen molar-refractivity contribution in [3.63, 3.8) is 0 Å². The van der Waals surface area contributed by atoms with Gasteiger partial charge in [0, 0.05) is 31.4 Å². The van der Waals surface area contributed by atoms with Crippen LogP contribution in [0.3, 0.4) is 0 Å². The van der Waals surface area contributed by atoms with Crippen LogP contribution in [0.4, 0.5) is 5.69 Å². The molecule has 0 aliphatic heterocycles. The maximum Gasteiger partial charge on any atom is 0.156 e. The Bertz CT molecular complexity index is 525. The largest absolute Gasteiger partial charge is 0.497 e. The molecule has 0 saturated heterocycles. The van der Waals surface area contributed by atoms with E-state index in [1.807, 2.05) is 44.4 Å². The van der Waals surface area contributed by atoms with Gasteiger partial charge in [-0.05, 0) is 19.2 Å². The molecule has 0 atom stereocenters. The van der Waals surface area contributed by atoms with Crippen molar-refractivity contribution in [3.8, 4) is 5.75 Å². The molecule has 1 aromatic heterocycles. The summed E-state index contributed by atoms with van der Waals surface area (Å²) < 4.78 is 10.5. The van der Waals surface area contributed by atoms with E-state index in [-0.39, 0.29) is 0 Å². The first kappa shape index (κ1) is 13.4. The Morgan fingerprint density at radius 1 is 1.37 bits per heavy atom. The lowest BCUT2D eigenvalue weighted by molar-refractivity contribution is 0.375. The number of ether oxygens (including phenoxy) is 1. The van der Waals surface area contributed by atoms with Gasteiger partial charge in [0.25, 0.3) is 0 Å². The monoisotopic (exact) mass is 261 g/mol. The summed E-state index contributed by atoms with van der Waals surface area (Å²) in [6, 6.07) is 9.89. The molecule has 0 bridgehead atoms. The quantitative estimate of drug-likeness (QED) is 0.862. The topological polar surface area (TPSA) is 50.5 Å². The van der Waals surface area contributed by atoms with Crippen molar-refractivity contribution in [1.29, 1.82) is 0 Å². The summed E-state index contributed by atoms with van der Waals surface area (Å²) in [7, 11) is 5.56. The van der Waals surface area contributed by atoms with E-state index in [1.54, 1.807) is 7.11 Å². The molecule has 0 aliphatic carbocycles. The second-order valence-electron chi connectivity index (χ2n) is 4.37. The van der Waals surface area contributed by atoms with Gasteiger partial charge in [-0.3, -0.25) is 0 Å². The van der Waals surface area contributed by atoms with Crippen LogP contribution in [0.25, 0.3) is 0 Å². The molecule has 1 heterocycles. The predicted molar refractivity (Wildman–Crippen MR) is 74.4 cm³/mol. The maximum absolute atomic E-state index is 5.30. The van der Waals surface area contributed by atoms with Crippen LogP contribution in [0.1, 0.15) is 11.5 Å². The summed E-state index contributed by atoms with van der Waals surface area (Å²) in [6.07, 6.45) is 0. The third-order valence-electron chi connectivity index (χ3n) is 2.85. The molecule has 2 aromatic rings. The van der Waals surface area contributed by atoms with Crippen LogP contribution < -0.4 is 15.0 Å². The highest BCUT2D eigenvalue weighted by atomic mass is 16.5. The van der Waals surface area contributed by atoms with Crippen molar-refractivity contribution in [2.45, 2.75) is 13.1 Å². The van der Waals surface area contributed by atoms with Crippen LogP contribution in [0.2, 0.25) is 0 Å². The Morgan fingerprint density at radius 3 is 2.95 bits per heavy atom. The fraction of sp³-hybridized carbons (Fsp3) is 0.357. The molecule has 0 amide bonds. The van der Waals surface area contributed by atoms with Crippen molar-refractivity contribution in [3.05, 3.63) is 41.8 Å². The lowest BCUT2D eigenvalue weighted by Crippen LogP contribution is -2.15. The summed E-state index contributed by atoms with van der Waals surface area (Å²) in [6.45, 7) is 1.39. The van der Waals surface area contributed by atoms with Gasteiger partial charge in [0.05, 0.1) is 19.3 Å². The van der Waals surface area contributed by atoms with Gasteiger partial charge in [0.1, 0.15) is 5.75 Å². The molecule has 0 aliphatic rings. The molecule has 0 unspecified atom stereocenters. The van der Waals surface area contributed by atoms with E-state index >= 15 is 0 Å². The van der Waals surface area contributed by atoms with Crippen LogP contribution in [0, 0.1) is 0 Å². The molecule has 5 heteroatoms. The number of hydrogen-bond acceptors (Lipinski definition) is 5. The predicted octanol–water partition coefficient (Wildman–Crippen LogP) is 2.04. The minimum atomic E-state index is 0.671. The first-order valence-corrected chi connectivity index (χ1v) is 6.17. The molecular formula is C14H19N3O2. The zero-order chi connectivity index (χ0) is 13.7. The molecule has 0 radical (unpaired) electrons. The van der Waals surface area contributed by atoms with Gasteiger partial charge >= 0.3 is 0 Å². The van der Waals surface area contributed by atoms with E-state index in [4.69, 9.17) is 9.26 Å². The average Bonchev–Trinajstić information content (AvgIpc) is 2.86. The maximum atomic E-state index is 5.30. The smallest absolute Gasteiger partial charge is 0.156 e. The average molecular weight is 261 g/mol. The van der Waals surface area contributed by atoms with E-state index in [1.165, 1.54) is 0 Å². The number of hydrogen-bond donors (Lipinski definition) is 1. The Morgan fingerprint density at radius 2 is 2.21 bits per heavy atom. The number of anilines is 1. The second-order valence-corrected chi connectivity index (χ2v) is 4.37. The van der Waals surface area contributed by atoms with E-state index in [0.29, 0.717) is 13.1 Å². The number of methoxy groups -OCH3 is 1. The van der Waals surface area contributed by atoms with Crippen molar-refractivity contribution in [2.75, 3.05) is 26.1 Å². The van der Waals surface area contributed by atoms with Gasteiger partial charge in [-0.1, -0.05) is 11.2 Å². The van der Waals surface area contributed by atoms with E-state index < -0.39 is 0 Å². The van der Waals surface area contributed by atoms with E-state index in [0.717, 1.165) is 22.9 Å². The SMILES string of the molecule is CNCc1cc(CN(C)c2cccc(OC)c2)on1. The lowest BCUT2D eigenvalue weighted by Gasteiger charge is -2.18. The van der Waals surface area contributed by atoms with Crippen molar-refractivity contribution in [2.24, 2.45) is 0 Å². The molecule has 19 heavy (non-hydrogen) atoms. The number of nitrogens with zero attached hydrogens (tertiary/aromatic N) is 2. The Labute approximate surface area is 113 Å². The standard InChI is InChI=1S/C14H19N3O2/c1-15-9-11-7-14(19-16-11)10-17(2)12-5-4-6-13(8-12)18-3/h4-8,15H,9-10H2,1-3H3. The molecule has 2 rings (SSSR count). The van der Waals surface area contributed by atoms with Gasteiger partial charge in [0.15, 0.2) is 5.76 Å². The van der Waals surface area contributed by atoms with Crippen LogP contribution in [0.5, 0.6) is 5.75 Å². The van der Waals surface area contributed by atoms with Crippen LogP contribution in [-0.2, 0) is 13.1 Å². The zero-order valence-corrected chi connectivity index (χ0v) is 11.5. The Kier molecular flexibility index (Phi) is 4.41. The van der Waals surface area contributed by atoms with Crippen molar-refractivity contribution in [1.82, 2.24) is 10.5 Å². The highest BCUT2D eigenvalue weighted by Gasteiger charge is 2.08. The lowest BCUT2D eigenvalue weighted by atomic mass is 10.2. The first-order valence-electron chi connectivity index (χ1n) is 6.17. The fourth-order valence-corrected chi connectivity index (χ4v) is 1.87. The third-order valence-corrected chi connectivity index (χ3v) is 2.85. The molecule has 1 aromatic carbocycles. The highest BCUT2D eigenvalue weighted by Crippen LogP contribution is 2.21. The summed E-state index contributed by atoms with van der Waals surface area (Å²) in [4.78, 5) is 2.09. The number of nitrogens with one attached hydrogen (secondary N) is 1. The summed E-state index contributed by atoms with van der Waals surface area (Å²) in [5.74, 6) is 1.69. The van der Waals surface area contributed by atoms with Crippen molar-refractivity contribution < 1.29 is 9.26 Å². The van der Waals surface area contributed by atoms with E-state index in [2.05, 4.69) is 15.4 Å². The summed E-state index contributed by atoms with van der Waals surface area (Å²) in [5, 5.41) is 7.04. The summed E-state index contributed by atoms with van der Waals surface area (Å²) >= 11 is 0. The zero-order valence-electron chi connectivity index (χ0n) is 11.5. The fourth-order valence-electron chi connectivity index (χ4n) is 1.87. The molecule has 5 nitrogen and oxygen atoms in total. The molecule has 0 saturated carbocycles. The molecule has 1 N–H and O–H groups in total. The first-order chi connectivity index (χ1) is 9.22. The molecule has 0 spiro atoms. The van der Waals surface area contributed by atoms with Gasteiger partial charge < -0.3 is 19.5 Å². The Balaban J connectivity index is 2.04. The highest BCUT2D eigenvalue weighted by molar-refractivity contribution is 5.50. The normalized spacial score (nSPS) is 10.5. The molecule has 102 valence electrons. The minimum absolute atomic E-state index is 0.671. The summed E-state index contributed by atoms with van der Waals surface area (Å²) in [5.41, 5.74) is 1.99. The number of aromatic nitrogens is 1. The van der Waals surface area contributed by atoms with Gasteiger partial charge in [-0.25, -0.2) is 0 Å². The van der Waals surface area contributed by atoms with Crippen LogP contribution in [-0.4, -0.2) is 26.4 Å². The van der Waals surface area contributed by atoms with Gasteiger partial charge in [0.2, 0.25) is 0 Å². The van der Waals surface area contributed by atoms with E-state index in [9.17, 15) is 0 Å². The molecular weight excluding hydrogens is 242 g/mol. The van der Waals surface area contributed by atoms with Crippen molar-refractivity contribution >= 4 is 5.69 Å². The molecule has 0 fully saturated rings. The van der Waals surface area contributed by atoms with Gasteiger partial charge in [-0.15, -0.1) is 0 Å². The number of rotatable bonds is 6. The number of benzene rings is 1.